The van der Waals surface area contributed by atoms with Gasteiger partial charge in [-0.25, -0.2) is 0 Å². The van der Waals surface area contributed by atoms with Crippen LogP contribution in [0.25, 0.3) is 0 Å². The molecule has 3 fully saturated rings. The first-order chi connectivity index (χ1) is 11.8. The van der Waals surface area contributed by atoms with E-state index in [1.807, 2.05) is 35.2 Å². The van der Waals surface area contributed by atoms with E-state index >= 15 is 0 Å². The number of amides is 1. The number of likely N-dealkylation sites (tertiary alicyclic amines) is 1. The molecule has 3 aliphatic rings. The van der Waals surface area contributed by atoms with E-state index < -0.39 is 0 Å². The Morgan fingerprint density at radius 2 is 1.88 bits per heavy atom. The maximum atomic E-state index is 12.6. The number of rotatable bonds is 6. The highest BCUT2D eigenvalue weighted by molar-refractivity contribution is 5.94. The summed E-state index contributed by atoms with van der Waals surface area (Å²) in [7, 11) is 0. The Kier molecular flexibility index (Phi) is 4.86. The van der Waals surface area contributed by atoms with Crippen molar-refractivity contribution in [1.82, 2.24) is 9.80 Å². The molecule has 24 heavy (non-hydrogen) atoms. The molecule has 130 valence electrons. The van der Waals surface area contributed by atoms with Crippen molar-refractivity contribution in [2.45, 2.75) is 31.7 Å². The summed E-state index contributed by atoms with van der Waals surface area (Å²) < 4.78 is 5.55. The van der Waals surface area contributed by atoms with Gasteiger partial charge < -0.3 is 9.64 Å². The lowest BCUT2D eigenvalue weighted by atomic mass is 10.1. The summed E-state index contributed by atoms with van der Waals surface area (Å²) in [5.41, 5.74) is 0.820. The Labute approximate surface area is 144 Å². The summed E-state index contributed by atoms with van der Waals surface area (Å²) in [6, 6.07) is 10.5. The molecule has 2 heterocycles. The molecule has 1 aromatic rings. The third-order valence-corrected chi connectivity index (χ3v) is 5.67. The van der Waals surface area contributed by atoms with Gasteiger partial charge in [0.05, 0.1) is 6.61 Å². The summed E-state index contributed by atoms with van der Waals surface area (Å²) in [6.45, 7) is 6.04. The molecule has 1 aromatic carbocycles. The van der Waals surface area contributed by atoms with Gasteiger partial charge in [-0.2, -0.15) is 0 Å². The molecule has 4 heteroatoms. The Balaban J connectivity index is 1.31. The molecule has 1 saturated carbocycles. The average molecular weight is 328 g/mol. The van der Waals surface area contributed by atoms with E-state index in [0.717, 1.165) is 50.9 Å². The molecule has 2 unspecified atom stereocenters. The number of carbonyl (C=O) groups is 1. The van der Waals surface area contributed by atoms with Crippen LogP contribution in [0.4, 0.5) is 0 Å². The van der Waals surface area contributed by atoms with E-state index in [2.05, 4.69) is 4.90 Å². The smallest absolute Gasteiger partial charge is 0.253 e. The topological polar surface area (TPSA) is 32.8 Å². The van der Waals surface area contributed by atoms with Gasteiger partial charge in [0.25, 0.3) is 5.91 Å². The van der Waals surface area contributed by atoms with Gasteiger partial charge in [-0.1, -0.05) is 18.2 Å². The van der Waals surface area contributed by atoms with Gasteiger partial charge in [-0.3, -0.25) is 9.69 Å². The first kappa shape index (κ1) is 16.1. The first-order valence-corrected chi connectivity index (χ1v) is 9.45. The number of carbonyl (C=O) groups excluding carboxylic acids is 1. The minimum Gasteiger partial charge on any atom is -0.381 e. The van der Waals surface area contributed by atoms with Crippen LogP contribution in [0.15, 0.2) is 30.3 Å². The number of nitrogens with zero attached hydrogens (tertiary/aromatic N) is 2. The van der Waals surface area contributed by atoms with Crippen molar-refractivity contribution in [3.05, 3.63) is 35.9 Å². The third kappa shape index (κ3) is 3.81. The maximum absolute atomic E-state index is 12.6. The fourth-order valence-corrected chi connectivity index (χ4v) is 4.13. The molecule has 0 bridgehead atoms. The second-order valence-corrected chi connectivity index (χ2v) is 7.69. The molecule has 0 spiro atoms. The van der Waals surface area contributed by atoms with Crippen molar-refractivity contribution in [3.63, 3.8) is 0 Å². The minimum absolute atomic E-state index is 0.195. The van der Waals surface area contributed by atoms with Crippen LogP contribution in [-0.2, 0) is 4.74 Å². The Bertz CT molecular complexity index is 552. The Hall–Kier alpha value is -1.39. The zero-order valence-corrected chi connectivity index (χ0v) is 14.4. The van der Waals surface area contributed by atoms with Crippen LogP contribution in [0.5, 0.6) is 0 Å². The molecule has 1 aliphatic carbocycles. The zero-order valence-electron chi connectivity index (χ0n) is 14.4. The van der Waals surface area contributed by atoms with Crippen LogP contribution in [-0.4, -0.2) is 61.1 Å². The Morgan fingerprint density at radius 1 is 1.08 bits per heavy atom. The summed E-state index contributed by atoms with van der Waals surface area (Å²) in [5, 5.41) is 0. The molecule has 1 amide bonds. The van der Waals surface area contributed by atoms with E-state index in [4.69, 9.17) is 4.74 Å². The average Bonchev–Trinajstić information content (AvgIpc) is 3.14. The predicted octanol–water partition coefficient (Wildman–Crippen LogP) is 2.65. The van der Waals surface area contributed by atoms with Crippen molar-refractivity contribution >= 4 is 5.91 Å². The normalized spacial score (nSPS) is 27.1. The van der Waals surface area contributed by atoms with Crippen LogP contribution in [0.3, 0.4) is 0 Å². The van der Waals surface area contributed by atoms with Gasteiger partial charge >= 0.3 is 0 Å². The van der Waals surface area contributed by atoms with Gasteiger partial charge in [0.2, 0.25) is 0 Å². The molecular weight excluding hydrogens is 300 g/mol. The largest absolute Gasteiger partial charge is 0.381 e. The van der Waals surface area contributed by atoms with E-state index in [0.29, 0.717) is 11.8 Å². The second kappa shape index (κ2) is 7.24. The third-order valence-electron chi connectivity index (χ3n) is 5.67. The summed E-state index contributed by atoms with van der Waals surface area (Å²) in [6.07, 6.45) is 5.06. The highest BCUT2D eigenvalue weighted by Crippen LogP contribution is 2.31. The lowest BCUT2D eigenvalue weighted by Crippen LogP contribution is -2.37. The maximum Gasteiger partial charge on any atom is 0.253 e. The van der Waals surface area contributed by atoms with Crippen LogP contribution in [0.2, 0.25) is 0 Å². The summed E-state index contributed by atoms with van der Waals surface area (Å²) in [4.78, 5) is 17.3. The van der Waals surface area contributed by atoms with Crippen LogP contribution in [0.1, 0.15) is 36.0 Å². The van der Waals surface area contributed by atoms with Crippen LogP contribution in [0, 0.1) is 11.8 Å². The van der Waals surface area contributed by atoms with E-state index in [9.17, 15) is 4.79 Å². The molecule has 2 atom stereocenters. The lowest BCUT2D eigenvalue weighted by Gasteiger charge is -2.27. The van der Waals surface area contributed by atoms with Crippen molar-refractivity contribution in [3.8, 4) is 0 Å². The minimum atomic E-state index is 0.195. The number of hydrogen-bond acceptors (Lipinski definition) is 3. The lowest BCUT2D eigenvalue weighted by molar-refractivity contribution is 0.0781. The van der Waals surface area contributed by atoms with Crippen molar-refractivity contribution in [2.75, 3.05) is 39.4 Å². The first-order valence-electron chi connectivity index (χ1n) is 9.45. The van der Waals surface area contributed by atoms with Crippen molar-refractivity contribution in [1.29, 1.82) is 0 Å². The van der Waals surface area contributed by atoms with Crippen LogP contribution >= 0.6 is 0 Å². The van der Waals surface area contributed by atoms with E-state index in [1.54, 1.807) is 0 Å². The van der Waals surface area contributed by atoms with Gasteiger partial charge in [0.15, 0.2) is 0 Å². The predicted molar refractivity (Wildman–Crippen MR) is 94.0 cm³/mol. The molecule has 0 N–H and O–H groups in total. The highest BCUT2D eigenvalue weighted by atomic mass is 16.5. The van der Waals surface area contributed by atoms with Gasteiger partial charge in [-0.15, -0.1) is 0 Å². The molecule has 2 aliphatic heterocycles. The SMILES string of the molecule is O=C(c1ccccc1)N1CCC(CN(CC2CCOC2)C2CC2)C1. The van der Waals surface area contributed by atoms with Crippen molar-refractivity contribution in [2.24, 2.45) is 11.8 Å². The molecular formula is C20H28N2O2. The van der Waals surface area contributed by atoms with Gasteiger partial charge in [0.1, 0.15) is 0 Å². The standard InChI is InChI=1S/C20H28N2O2/c23-20(18-4-2-1-3-5-18)21-10-8-16(12-21)13-22(19-6-7-19)14-17-9-11-24-15-17/h1-5,16-17,19H,6-15H2. The summed E-state index contributed by atoms with van der Waals surface area (Å²) >= 11 is 0. The Morgan fingerprint density at radius 3 is 2.58 bits per heavy atom. The summed E-state index contributed by atoms with van der Waals surface area (Å²) in [5.74, 6) is 1.54. The second-order valence-electron chi connectivity index (χ2n) is 7.69. The fraction of sp³-hybridized carbons (Fsp3) is 0.650. The number of ether oxygens (including phenoxy) is 1. The monoisotopic (exact) mass is 328 g/mol. The molecule has 4 rings (SSSR count). The van der Waals surface area contributed by atoms with Crippen LogP contribution < -0.4 is 0 Å². The molecule has 0 radical (unpaired) electrons. The molecule has 0 aromatic heterocycles. The highest BCUT2D eigenvalue weighted by Gasteiger charge is 2.35. The number of benzene rings is 1. The van der Waals surface area contributed by atoms with Gasteiger partial charge in [-0.05, 0) is 49.7 Å². The van der Waals surface area contributed by atoms with E-state index in [-0.39, 0.29) is 5.91 Å². The quantitative estimate of drug-likeness (QED) is 0.805. The van der Waals surface area contributed by atoms with Gasteiger partial charge in [0, 0.05) is 44.4 Å². The fourth-order valence-electron chi connectivity index (χ4n) is 4.13. The number of hydrogen-bond donors (Lipinski definition) is 0. The zero-order chi connectivity index (χ0) is 16.4. The molecule has 4 nitrogen and oxygen atoms in total. The molecule has 2 saturated heterocycles. The van der Waals surface area contributed by atoms with Crippen molar-refractivity contribution < 1.29 is 9.53 Å². The van der Waals surface area contributed by atoms with E-state index in [1.165, 1.54) is 25.8 Å².